The second-order valence-corrected chi connectivity index (χ2v) is 5.09. The Kier molecular flexibility index (Phi) is 5.23. The molecule has 0 saturated carbocycles. The van der Waals surface area contributed by atoms with Crippen LogP contribution in [0.3, 0.4) is 0 Å². The highest BCUT2D eigenvalue weighted by Gasteiger charge is 2.11. The molecule has 0 aliphatic carbocycles. The minimum atomic E-state index is -0.628. The zero-order valence-electron chi connectivity index (χ0n) is 12.8. The molecule has 3 nitrogen and oxygen atoms in total. The average Bonchev–Trinajstić information content (AvgIpc) is 2.46. The molecule has 0 saturated heterocycles. The van der Waals surface area contributed by atoms with Gasteiger partial charge in [0.15, 0.2) is 0 Å². The van der Waals surface area contributed by atoms with Gasteiger partial charge >= 0.3 is 0 Å². The second kappa shape index (κ2) is 7.14. The van der Waals surface area contributed by atoms with Crippen LogP contribution in [0.5, 0.6) is 11.5 Å². The van der Waals surface area contributed by atoms with E-state index in [9.17, 15) is 5.11 Å². The molecule has 1 atom stereocenters. The van der Waals surface area contributed by atoms with Gasteiger partial charge in [-0.25, -0.2) is 0 Å². The minimum Gasteiger partial charge on any atom is -0.494 e. The molecule has 2 rings (SSSR count). The van der Waals surface area contributed by atoms with Crippen LogP contribution in [0.4, 0.5) is 0 Å². The summed E-state index contributed by atoms with van der Waals surface area (Å²) in [5, 5.41) is 10.2. The van der Waals surface area contributed by atoms with Crippen molar-refractivity contribution in [3.8, 4) is 11.5 Å². The topological polar surface area (TPSA) is 38.7 Å². The van der Waals surface area contributed by atoms with Gasteiger partial charge in [-0.15, -0.1) is 0 Å². The molecule has 0 aliphatic heterocycles. The zero-order chi connectivity index (χ0) is 15.2. The Morgan fingerprint density at radius 3 is 2.14 bits per heavy atom. The van der Waals surface area contributed by atoms with Gasteiger partial charge in [0.25, 0.3) is 0 Å². The van der Waals surface area contributed by atoms with Crippen molar-refractivity contribution in [1.82, 2.24) is 0 Å². The number of hydrogen-bond acceptors (Lipinski definition) is 3. The summed E-state index contributed by atoms with van der Waals surface area (Å²) in [7, 11) is 0. The van der Waals surface area contributed by atoms with Gasteiger partial charge in [-0.1, -0.05) is 23.8 Å². The summed E-state index contributed by atoms with van der Waals surface area (Å²) in [6, 6.07) is 13.4. The lowest BCUT2D eigenvalue weighted by Crippen LogP contribution is -2.11. The lowest BCUT2D eigenvalue weighted by Gasteiger charge is -2.15. The highest BCUT2D eigenvalue weighted by molar-refractivity contribution is 5.33. The second-order valence-electron chi connectivity index (χ2n) is 5.09. The van der Waals surface area contributed by atoms with Gasteiger partial charge in [-0.2, -0.15) is 0 Å². The fraction of sp³-hybridized carbons (Fsp3) is 0.333. The summed E-state index contributed by atoms with van der Waals surface area (Å²) in [5.41, 5.74) is 3.18. The van der Waals surface area contributed by atoms with Crippen LogP contribution in [0.25, 0.3) is 0 Å². The van der Waals surface area contributed by atoms with Crippen LogP contribution in [0, 0.1) is 13.8 Å². The molecule has 0 aromatic heterocycles. The molecule has 112 valence electrons. The summed E-state index contributed by atoms with van der Waals surface area (Å²) in [6.07, 6.45) is -0.628. The van der Waals surface area contributed by atoms with E-state index >= 15 is 0 Å². The summed E-state index contributed by atoms with van der Waals surface area (Å²) < 4.78 is 11.0. The molecule has 0 spiro atoms. The largest absolute Gasteiger partial charge is 0.494 e. The predicted molar refractivity (Wildman–Crippen MR) is 84.0 cm³/mol. The number of rotatable bonds is 6. The normalized spacial score (nSPS) is 12.0. The summed E-state index contributed by atoms with van der Waals surface area (Å²) >= 11 is 0. The zero-order valence-corrected chi connectivity index (χ0v) is 12.8. The van der Waals surface area contributed by atoms with Gasteiger partial charge in [0.05, 0.1) is 6.61 Å². The molecule has 21 heavy (non-hydrogen) atoms. The van der Waals surface area contributed by atoms with Crippen LogP contribution in [0.15, 0.2) is 42.5 Å². The smallest absolute Gasteiger partial charge is 0.119 e. The lowest BCUT2D eigenvalue weighted by molar-refractivity contribution is 0.107. The maximum Gasteiger partial charge on any atom is 0.119 e. The maximum absolute atomic E-state index is 10.2. The maximum atomic E-state index is 10.2. The Morgan fingerprint density at radius 2 is 1.57 bits per heavy atom. The first-order valence-electron chi connectivity index (χ1n) is 7.21. The minimum absolute atomic E-state index is 0.234. The highest BCUT2D eigenvalue weighted by atomic mass is 16.5. The predicted octanol–water partition coefficient (Wildman–Crippen LogP) is 3.81. The van der Waals surface area contributed by atoms with Crippen LogP contribution in [-0.2, 0) is 0 Å². The van der Waals surface area contributed by atoms with E-state index in [2.05, 4.69) is 6.07 Å². The molecule has 0 heterocycles. The van der Waals surface area contributed by atoms with E-state index in [1.54, 1.807) is 0 Å². The van der Waals surface area contributed by atoms with Gasteiger partial charge < -0.3 is 14.6 Å². The van der Waals surface area contributed by atoms with Gasteiger partial charge in [0.1, 0.15) is 24.2 Å². The average molecular weight is 286 g/mol. The van der Waals surface area contributed by atoms with Crippen molar-refractivity contribution in [2.75, 3.05) is 13.2 Å². The van der Waals surface area contributed by atoms with E-state index in [4.69, 9.17) is 9.47 Å². The summed E-state index contributed by atoms with van der Waals surface area (Å²) in [6.45, 7) is 6.87. The van der Waals surface area contributed by atoms with Crippen molar-refractivity contribution in [3.63, 3.8) is 0 Å². The third-order valence-electron chi connectivity index (χ3n) is 3.33. The lowest BCUT2D eigenvalue weighted by atomic mass is 10.0. The van der Waals surface area contributed by atoms with E-state index in [1.807, 2.05) is 57.2 Å². The van der Waals surface area contributed by atoms with Crippen LogP contribution < -0.4 is 9.47 Å². The number of benzene rings is 2. The first-order chi connectivity index (χ1) is 10.1. The summed E-state index contributed by atoms with van der Waals surface area (Å²) in [4.78, 5) is 0. The number of ether oxygens (including phenoxy) is 2. The van der Waals surface area contributed by atoms with E-state index in [0.29, 0.717) is 6.61 Å². The Bertz CT molecular complexity index is 576. The first-order valence-corrected chi connectivity index (χ1v) is 7.21. The SMILES string of the molecule is CCOc1ccc(OCC(O)c2ccc(C)cc2C)cc1. The Morgan fingerprint density at radius 1 is 0.952 bits per heavy atom. The third kappa shape index (κ3) is 4.23. The fourth-order valence-electron chi connectivity index (χ4n) is 2.26. The molecule has 2 aromatic rings. The van der Waals surface area contributed by atoms with Crippen molar-refractivity contribution < 1.29 is 14.6 Å². The molecule has 0 radical (unpaired) electrons. The molecule has 0 amide bonds. The molecule has 0 bridgehead atoms. The molecule has 2 aromatic carbocycles. The van der Waals surface area contributed by atoms with Gasteiger partial charge in [0.2, 0.25) is 0 Å². The number of aliphatic hydroxyl groups excluding tert-OH is 1. The van der Waals surface area contributed by atoms with E-state index in [1.165, 1.54) is 5.56 Å². The number of aryl methyl sites for hydroxylation is 2. The van der Waals surface area contributed by atoms with Crippen LogP contribution in [0.1, 0.15) is 29.7 Å². The van der Waals surface area contributed by atoms with Crippen molar-refractivity contribution >= 4 is 0 Å². The molecule has 0 fully saturated rings. The van der Waals surface area contributed by atoms with E-state index in [0.717, 1.165) is 22.6 Å². The van der Waals surface area contributed by atoms with Gasteiger partial charge in [0, 0.05) is 0 Å². The Balaban J connectivity index is 1.95. The van der Waals surface area contributed by atoms with Crippen LogP contribution in [-0.4, -0.2) is 18.3 Å². The van der Waals surface area contributed by atoms with Crippen LogP contribution in [0.2, 0.25) is 0 Å². The van der Waals surface area contributed by atoms with Gasteiger partial charge in [-0.3, -0.25) is 0 Å². The van der Waals surface area contributed by atoms with Gasteiger partial charge in [-0.05, 0) is 56.2 Å². The fourth-order valence-corrected chi connectivity index (χ4v) is 2.26. The summed E-state index contributed by atoms with van der Waals surface area (Å²) in [5.74, 6) is 1.54. The number of hydrogen-bond donors (Lipinski definition) is 1. The molecule has 1 N–H and O–H groups in total. The molecule has 0 aliphatic rings. The number of aliphatic hydroxyl groups is 1. The standard InChI is InChI=1S/C18H22O3/c1-4-20-15-6-8-16(9-7-15)21-12-18(19)17-10-5-13(2)11-14(17)3/h5-11,18-19H,4,12H2,1-3H3. The third-order valence-corrected chi connectivity index (χ3v) is 3.33. The van der Waals surface area contributed by atoms with Crippen molar-refractivity contribution in [2.24, 2.45) is 0 Å². The van der Waals surface area contributed by atoms with E-state index < -0.39 is 6.10 Å². The molecule has 1 unspecified atom stereocenters. The van der Waals surface area contributed by atoms with Crippen LogP contribution >= 0.6 is 0 Å². The quantitative estimate of drug-likeness (QED) is 0.877. The molecular formula is C18H22O3. The Hall–Kier alpha value is -2.00. The molecular weight excluding hydrogens is 264 g/mol. The molecule has 3 heteroatoms. The monoisotopic (exact) mass is 286 g/mol. The Labute approximate surface area is 126 Å². The van der Waals surface area contributed by atoms with Crippen molar-refractivity contribution in [1.29, 1.82) is 0 Å². The highest BCUT2D eigenvalue weighted by Crippen LogP contribution is 2.22. The first kappa shape index (κ1) is 15.4. The van der Waals surface area contributed by atoms with Crippen molar-refractivity contribution in [3.05, 3.63) is 59.2 Å². The van der Waals surface area contributed by atoms with Crippen molar-refractivity contribution in [2.45, 2.75) is 26.9 Å². The van der Waals surface area contributed by atoms with E-state index in [-0.39, 0.29) is 6.61 Å².